The van der Waals surface area contributed by atoms with E-state index in [4.69, 9.17) is 0 Å². The number of carbonyl (C=O) groups excluding carboxylic acids is 1. The van der Waals surface area contributed by atoms with E-state index < -0.39 is 0 Å². The summed E-state index contributed by atoms with van der Waals surface area (Å²) in [5.41, 5.74) is 0.284. The van der Waals surface area contributed by atoms with Gasteiger partial charge in [0.2, 0.25) is 0 Å². The lowest BCUT2D eigenvalue weighted by Gasteiger charge is -2.70. The molecule has 0 saturated heterocycles. The molecular weight excluding hydrogens is 316 g/mol. The Morgan fingerprint density at radius 1 is 1.12 bits per heavy atom. The zero-order valence-electron chi connectivity index (χ0n) is 15.6. The molecule has 5 saturated carbocycles. The Hall–Kier alpha value is -0.0200. The Bertz CT molecular complexity index is 522. The average molecular weight is 351 g/mol. The van der Waals surface area contributed by atoms with Gasteiger partial charge in [0.05, 0.1) is 6.10 Å². The molecule has 0 heterocycles. The maximum Gasteiger partial charge on any atom is 0.126 e. The third-order valence-corrected chi connectivity index (χ3v) is 9.88. The summed E-state index contributed by atoms with van der Waals surface area (Å²) >= 11 is 1.91. The third kappa shape index (κ3) is 2.09. The van der Waals surface area contributed by atoms with E-state index in [9.17, 15) is 9.90 Å². The predicted octanol–water partition coefficient (Wildman–Crippen LogP) is 4.55. The van der Waals surface area contributed by atoms with Crippen LogP contribution >= 0.6 is 11.8 Å². The number of aliphatic hydroxyl groups excluding tert-OH is 1. The minimum absolute atomic E-state index is 0.107. The van der Waals surface area contributed by atoms with Gasteiger partial charge in [-0.25, -0.2) is 0 Å². The van der Waals surface area contributed by atoms with Crippen LogP contribution in [0.2, 0.25) is 0 Å². The van der Waals surface area contributed by atoms with Gasteiger partial charge >= 0.3 is 0 Å². The van der Waals surface area contributed by atoms with E-state index in [0.29, 0.717) is 23.7 Å². The number of rotatable bonds is 3. The Balaban J connectivity index is 1.71. The molecule has 0 aliphatic heterocycles. The van der Waals surface area contributed by atoms with Crippen LogP contribution in [0.4, 0.5) is 0 Å². The van der Waals surface area contributed by atoms with E-state index in [2.05, 4.69) is 20.1 Å². The predicted molar refractivity (Wildman–Crippen MR) is 100.0 cm³/mol. The van der Waals surface area contributed by atoms with Crippen LogP contribution in [-0.4, -0.2) is 29.5 Å². The molecule has 5 aliphatic rings. The summed E-state index contributed by atoms with van der Waals surface area (Å²) in [4.78, 5) is 11.9. The molecule has 0 unspecified atom stereocenters. The molecule has 1 spiro atoms. The summed E-state index contributed by atoms with van der Waals surface area (Å²) in [6.45, 7) is 4.70. The standard InChI is InChI=1S/C21H34O2S/c1-19(13-22)7-4-8-20(2)16(19)6-10-21-9-5-14(11-17(20)21)15(12-24-3)18(21)23/h13-18,23H,4-12H2,1-3H3/t14-,15+,16-,17+,18-,19+,20-,21+/m1/s1. The smallest absolute Gasteiger partial charge is 0.126 e. The molecule has 0 aromatic rings. The molecule has 0 aromatic heterocycles. The van der Waals surface area contributed by atoms with Gasteiger partial charge in [0.25, 0.3) is 0 Å². The molecule has 5 rings (SSSR count). The first-order chi connectivity index (χ1) is 11.4. The number of hydrogen-bond donors (Lipinski definition) is 1. The minimum Gasteiger partial charge on any atom is -0.392 e. The van der Waals surface area contributed by atoms with E-state index in [1.807, 2.05) is 11.8 Å². The summed E-state index contributed by atoms with van der Waals surface area (Å²) in [5, 5.41) is 11.4. The van der Waals surface area contributed by atoms with Crippen LogP contribution in [0.15, 0.2) is 0 Å². The van der Waals surface area contributed by atoms with Crippen LogP contribution in [-0.2, 0) is 4.79 Å². The van der Waals surface area contributed by atoms with Crippen LogP contribution in [0.1, 0.15) is 65.2 Å². The number of aldehydes is 1. The first-order valence-electron chi connectivity index (χ1n) is 10.0. The second-order valence-electron chi connectivity index (χ2n) is 9.96. The Morgan fingerprint density at radius 2 is 1.88 bits per heavy atom. The van der Waals surface area contributed by atoms with Crippen molar-refractivity contribution < 1.29 is 9.90 Å². The van der Waals surface area contributed by atoms with E-state index in [0.717, 1.165) is 25.0 Å². The fourth-order valence-corrected chi connectivity index (χ4v) is 8.93. The van der Waals surface area contributed by atoms with Gasteiger partial charge in [-0.3, -0.25) is 0 Å². The SMILES string of the molecule is CSC[C@H]1[C@@H]2CC[C@@]3(CC[C@H]4[C@@](C)(CCC[C@@]4(C)C=O)[C@@H]3C2)[C@@H]1O. The van der Waals surface area contributed by atoms with Crippen molar-refractivity contribution in [3.63, 3.8) is 0 Å². The minimum atomic E-state index is -0.130. The number of thioether (sulfide) groups is 1. The van der Waals surface area contributed by atoms with Crippen LogP contribution in [0.25, 0.3) is 0 Å². The summed E-state index contributed by atoms with van der Waals surface area (Å²) in [6, 6.07) is 0. The van der Waals surface area contributed by atoms with E-state index in [-0.39, 0.29) is 22.3 Å². The highest BCUT2D eigenvalue weighted by atomic mass is 32.2. The molecule has 24 heavy (non-hydrogen) atoms. The van der Waals surface area contributed by atoms with Gasteiger partial charge in [-0.05, 0) is 91.5 Å². The highest BCUT2D eigenvalue weighted by Crippen LogP contribution is 2.72. The number of aliphatic hydroxyl groups is 1. The lowest BCUT2D eigenvalue weighted by Crippen LogP contribution is -2.66. The molecule has 5 fully saturated rings. The van der Waals surface area contributed by atoms with Crippen LogP contribution in [0.3, 0.4) is 0 Å². The highest BCUT2D eigenvalue weighted by molar-refractivity contribution is 7.98. The molecule has 0 aromatic carbocycles. The molecule has 2 bridgehead atoms. The lowest BCUT2D eigenvalue weighted by molar-refractivity contribution is -0.237. The fraction of sp³-hybridized carbons (Fsp3) is 0.952. The Kier molecular flexibility index (Phi) is 4.16. The number of carbonyl (C=O) groups is 1. The van der Waals surface area contributed by atoms with Crippen molar-refractivity contribution in [3.8, 4) is 0 Å². The van der Waals surface area contributed by atoms with Crippen LogP contribution in [0, 0.1) is 39.9 Å². The maximum absolute atomic E-state index is 11.9. The normalized spacial score (nSPS) is 56.4. The third-order valence-electron chi connectivity index (χ3n) is 9.16. The van der Waals surface area contributed by atoms with Crippen molar-refractivity contribution in [1.82, 2.24) is 0 Å². The molecule has 3 heteroatoms. The molecule has 2 nitrogen and oxygen atoms in total. The zero-order chi connectivity index (χ0) is 17.2. The van der Waals surface area contributed by atoms with Crippen LogP contribution in [0.5, 0.6) is 0 Å². The topological polar surface area (TPSA) is 37.3 Å². The summed E-state index contributed by atoms with van der Waals surface area (Å²) in [6.07, 6.45) is 13.0. The molecule has 5 aliphatic carbocycles. The quantitative estimate of drug-likeness (QED) is 0.759. The van der Waals surface area contributed by atoms with Gasteiger partial charge in [0, 0.05) is 5.41 Å². The summed E-state index contributed by atoms with van der Waals surface area (Å²) < 4.78 is 0. The fourth-order valence-electron chi connectivity index (χ4n) is 8.09. The van der Waals surface area contributed by atoms with Gasteiger partial charge in [-0.1, -0.05) is 20.3 Å². The maximum atomic E-state index is 11.9. The largest absolute Gasteiger partial charge is 0.392 e. The molecule has 0 radical (unpaired) electrons. The highest BCUT2D eigenvalue weighted by Gasteiger charge is 2.67. The molecule has 1 N–H and O–H groups in total. The van der Waals surface area contributed by atoms with Gasteiger partial charge in [0.15, 0.2) is 0 Å². The van der Waals surface area contributed by atoms with Crippen molar-refractivity contribution in [2.24, 2.45) is 39.9 Å². The average Bonchev–Trinajstić information content (AvgIpc) is 2.58. The van der Waals surface area contributed by atoms with E-state index in [1.165, 1.54) is 38.4 Å². The number of hydrogen-bond acceptors (Lipinski definition) is 3. The zero-order valence-corrected chi connectivity index (χ0v) is 16.4. The van der Waals surface area contributed by atoms with Gasteiger partial charge in [-0.15, -0.1) is 0 Å². The summed E-state index contributed by atoms with van der Waals surface area (Å²) in [5.74, 6) is 3.49. The van der Waals surface area contributed by atoms with Gasteiger partial charge in [-0.2, -0.15) is 11.8 Å². The van der Waals surface area contributed by atoms with E-state index >= 15 is 0 Å². The van der Waals surface area contributed by atoms with E-state index in [1.54, 1.807) is 0 Å². The molecule has 136 valence electrons. The van der Waals surface area contributed by atoms with Crippen molar-refractivity contribution in [3.05, 3.63) is 0 Å². The lowest BCUT2D eigenvalue weighted by atomic mass is 9.36. The Morgan fingerprint density at radius 3 is 2.58 bits per heavy atom. The first kappa shape index (κ1) is 17.4. The Labute approximate surface area is 151 Å². The summed E-state index contributed by atoms with van der Waals surface area (Å²) in [7, 11) is 0. The number of fused-ring (bicyclic) bond motifs is 3. The van der Waals surface area contributed by atoms with Gasteiger partial charge < -0.3 is 9.90 Å². The van der Waals surface area contributed by atoms with Gasteiger partial charge in [0.1, 0.15) is 6.29 Å². The molecule has 0 amide bonds. The van der Waals surface area contributed by atoms with Crippen molar-refractivity contribution >= 4 is 18.0 Å². The van der Waals surface area contributed by atoms with Crippen LogP contribution < -0.4 is 0 Å². The van der Waals surface area contributed by atoms with Crippen molar-refractivity contribution in [1.29, 1.82) is 0 Å². The van der Waals surface area contributed by atoms with Crippen molar-refractivity contribution in [2.75, 3.05) is 12.0 Å². The molecule has 8 atom stereocenters. The second-order valence-corrected chi connectivity index (χ2v) is 10.9. The monoisotopic (exact) mass is 350 g/mol. The first-order valence-corrected chi connectivity index (χ1v) is 11.4. The second kappa shape index (κ2) is 5.74. The molecular formula is C21H34O2S. The van der Waals surface area contributed by atoms with Crippen molar-refractivity contribution in [2.45, 2.75) is 71.3 Å².